The molecule has 1 aliphatic rings. The maximum Gasteiger partial charge on any atom is 0.224 e. The Kier molecular flexibility index (Phi) is 8.79. The van der Waals surface area contributed by atoms with Crippen molar-refractivity contribution >= 4 is 29.9 Å². The quantitative estimate of drug-likeness (QED) is 0.736. The predicted octanol–water partition coefficient (Wildman–Crippen LogP) is 2.71. The van der Waals surface area contributed by atoms with Gasteiger partial charge in [-0.2, -0.15) is 0 Å². The highest BCUT2D eigenvalue weighted by atomic mass is 35.5. The Bertz CT molecular complexity index is 543. The average Bonchev–Trinajstić information content (AvgIpc) is 2.53. The third-order valence-electron chi connectivity index (χ3n) is 3.98. The van der Waals surface area contributed by atoms with Crippen LogP contribution in [0.3, 0.4) is 0 Å². The van der Waals surface area contributed by atoms with Gasteiger partial charge in [0.15, 0.2) is 0 Å². The van der Waals surface area contributed by atoms with E-state index in [4.69, 9.17) is 0 Å². The number of hydrogen-bond acceptors (Lipinski definition) is 3. The number of halogens is 1. The molecule has 1 aromatic rings. The fourth-order valence-corrected chi connectivity index (χ4v) is 2.76. The highest BCUT2D eigenvalue weighted by molar-refractivity contribution is 5.90. The fourth-order valence-electron chi connectivity index (χ4n) is 2.76. The topological polar surface area (TPSA) is 70.2 Å². The van der Waals surface area contributed by atoms with Gasteiger partial charge in [0.2, 0.25) is 11.8 Å². The maximum absolute atomic E-state index is 12.1. The normalized spacial score (nSPS) is 14.8. The van der Waals surface area contributed by atoms with Crippen LogP contribution in [0.2, 0.25) is 0 Å². The van der Waals surface area contributed by atoms with Crippen molar-refractivity contribution in [3.05, 3.63) is 29.8 Å². The van der Waals surface area contributed by atoms with Crippen molar-refractivity contribution in [3.63, 3.8) is 0 Å². The zero-order valence-electron chi connectivity index (χ0n) is 14.4. The number of rotatable bonds is 6. The summed E-state index contributed by atoms with van der Waals surface area (Å²) in [6, 6.07) is 7.65. The maximum atomic E-state index is 12.1. The van der Waals surface area contributed by atoms with Crippen LogP contribution in [0.15, 0.2) is 24.3 Å². The van der Waals surface area contributed by atoms with E-state index in [2.05, 4.69) is 16.0 Å². The van der Waals surface area contributed by atoms with Crippen LogP contribution in [0.1, 0.15) is 38.7 Å². The van der Waals surface area contributed by atoms with E-state index in [0.29, 0.717) is 18.9 Å². The largest absolute Gasteiger partial charge is 0.352 e. The predicted molar refractivity (Wildman–Crippen MR) is 99.2 cm³/mol. The van der Waals surface area contributed by atoms with E-state index in [1.54, 1.807) is 0 Å². The summed E-state index contributed by atoms with van der Waals surface area (Å²) in [5.41, 5.74) is 1.78. The second-order valence-electron chi connectivity index (χ2n) is 6.59. The third kappa shape index (κ3) is 6.89. The molecule has 0 unspecified atom stereocenters. The van der Waals surface area contributed by atoms with E-state index in [-0.39, 0.29) is 30.1 Å². The lowest BCUT2D eigenvalue weighted by molar-refractivity contribution is -0.126. The molecule has 1 aromatic carbocycles. The molecule has 0 aromatic heterocycles. The van der Waals surface area contributed by atoms with E-state index >= 15 is 0 Å². The molecular formula is C18H28ClN3O2. The molecule has 1 heterocycles. The van der Waals surface area contributed by atoms with Crippen LogP contribution < -0.4 is 16.0 Å². The molecule has 5 nitrogen and oxygen atoms in total. The van der Waals surface area contributed by atoms with Gasteiger partial charge < -0.3 is 16.0 Å². The molecule has 1 saturated heterocycles. The molecule has 3 N–H and O–H groups in total. The highest BCUT2D eigenvalue weighted by Gasteiger charge is 2.20. The zero-order chi connectivity index (χ0) is 16.7. The highest BCUT2D eigenvalue weighted by Crippen LogP contribution is 2.14. The minimum Gasteiger partial charge on any atom is -0.352 e. The summed E-state index contributed by atoms with van der Waals surface area (Å²) in [6.45, 7) is 6.36. The molecule has 0 bridgehead atoms. The monoisotopic (exact) mass is 353 g/mol. The number of benzene rings is 1. The van der Waals surface area contributed by atoms with Crippen molar-refractivity contribution in [1.29, 1.82) is 0 Å². The van der Waals surface area contributed by atoms with Gasteiger partial charge in [0.1, 0.15) is 0 Å². The first-order valence-electron chi connectivity index (χ1n) is 8.42. The third-order valence-corrected chi connectivity index (χ3v) is 3.98. The summed E-state index contributed by atoms with van der Waals surface area (Å²) in [5.74, 6) is 0.601. The molecule has 1 aliphatic heterocycles. The Morgan fingerprint density at radius 1 is 1.25 bits per heavy atom. The lowest BCUT2D eigenvalue weighted by Crippen LogP contribution is -2.37. The summed E-state index contributed by atoms with van der Waals surface area (Å²) in [4.78, 5) is 24.0. The van der Waals surface area contributed by atoms with E-state index in [0.717, 1.165) is 37.2 Å². The first-order valence-corrected chi connectivity index (χ1v) is 8.42. The first kappa shape index (κ1) is 20.5. The van der Waals surface area contributed by atoms with Crippen molar-refractivity contribution < 1.29 is 9.59 Å². The van der Waals surface area contributed by atoms with Crippen LogP contribution in [0.5, 0.6) is 0 Å². The number of anilines is 1. The number of hydrogen-bond donors (Lipinski definition) is 3. The van der Waals surface area contributed by atoms with Gasteiger partial charge >= 0.3 is 0 Å². The van der Waals surface area contributed by atoms with Gasteiger partial charge in [-0.3, -0.25) is 9.59 Å². The SMILES string of the molecule is CC(C)CC(=O)Nc1cccc(CNC(=O)C2CCNCC2)c1.Cl. The van der Waals surface area contributed by atoms with Crippen molar-refractivity contribution in [1.82, 2.24) is 10.6 Å². The summed E-state index contributed by atoms with van der Waals surface area (Å²) < 4.78 is 0. The molecule has 1 fully saturated rings. The van der Waals surface area contributed by atoms with Gasteiger partial charge in [0.05, 0.1) is 0 Å². The molecule has 0 atom stereocenters. The number of nitrogens with one attached hydrogen (secondary N) is 3. The molecule has 0 radical (unpaired) electrons. The first-order chi connectivity index (χ1) is 11.0. The molecule has 6 heteroatoms. The van der Waals surface area contributed by atoms with Crippen molar-refractivity contribution in [2.45, 2.75) is 39.7 Å². The Hall–Kier alpha value is -1.59. The number of carbonyl (C=O) groups excluding carboxylic acids is 2. The van der Waals surface area contributed by atoms with Crippen molar-refractivity contribution in [2.24, 2.45) is 11.8 Å². The number of amides is 2. The van der Waals surface area contributed by atoms with Crippen LogP contribution in [-0.2, 0) is 16.1 Å². The molecule has 0 saturated carbocycles. The minimum atomic E-state index is 0. The lowest BCUT2D eigenvalue weighted by atomic mass is 9.97. The Morgan fingerprint density at radius 2 is 1.96 bits per heavy atom. The molecule has 134 valence electrons. The molecular weight excluding hydrogens is 326 g/mol. The van der Waals surface area contributed by atoms with Crippen molar-refractivity contribution in [3.8, 4) is 0 Å². The van der Waals surface area contributed by atoms with Crippen LogP contribution >= 0.6 is 12.4 Å². The van der Waals surface area contributed by atoms with Gasteiger partial charge in [0, 0.05) is 24.6 Å². The molecule has 0 aliphatic carbocycles. The molecule has 0 spiro atoms. The van der Waals surface area contributed by atoms with E-state index in [9.17, 15) is 9.59 Å². The standard InChI is InChI=1S/C18H27N3O2.ClH/c1-13(2)10-17(22)21-16-5-3-4-14(11-16)12-20-18(23)15-6-8-19-9-7-15;/h3-5,11,13,15,19H,6-10,12H2,1-2H3,(H,20,23)(H,21,22);1H. The van der Waals surface area contributed by atoms with E-state index < -0.39 is 0 Å². The van der Waals surface area contributed by atoms with Gasteiger partial charge in [-0.25, -0.2) is 0 Å². The molecule has 2 rings (SSSR count). The van der Waals surface area contributed by atoms with Crippen LogP contribution in [0.4, 0.5) is 5.69 Å². The summed E-state index contributed by atoms with van der Waals surface area (Å²) in [6.07, 6.45) is 2.31. The van der Waals surface area contributed by atoms with Crippen LogP contribution in [0, 0.1) is 11.8 Å². The molecule has 2 amide bonds. The van der Waals surface area contributed by atoms with E-state index in [1.807, 2.05) is 38.1 Å². The second kappa shape index (κ2) is 10.3. The van der Waals surface area contributed by atoms with Gasteiger partial charge in [-0.15, -0.1) is 12.4 Å². The minimum absolute atomic E-state index is 0. The van der Waals surface area contributed by atoms with Gasteiger partial charge in [-0.05, 0) is 49.5 Å². The smallest absolute Gasteiger partial charge is 0.224 e. The number of carbonyl (C=O) groups is 2. The van der Waals surface area contributed by atoms with Crippen LogP contribution in [0.25, 0.3) is 0 Å². The Morgan fingerprint density at radius 3 is 2.62 bits per heavy atom. The van der Waals surface area contributed by atoms with Gasteiger partial charge in [-0.1, -0.05) is 26.0 Å². The summed E-state index contributed by atoms with van der Waals surface area (Å²) >= 11 is 0. The van der Waals surface area contributed by atoms with E-state index in [1.165, 1.54) is 0 Å². The zero-order valence-corrected chi connectivity index (χ0v) is 15.2. The van der Waals surface area contributed by atoms with Gasteiger partial charge in [0.25, 0.3) is 0 Å². The van der Waals surface area contributed by atoms with Crippen LogP contribution in [-0.4, -0.2) is 24.9 Å². The number of piperidine rings is 1. The Labute approximate surface area is 150 Å². The second-order valence-corrected chi connectivity index (χ2v) is 6.59. The summed E-state index contributed by atoms with van der Waals surface area (Å²) in [7, 11) is 0. The lowest BCUT2D eigenvalue weighted by Gasteiger charge is -2.21. The summed E-state index contributed by atoms with van der Waals surface area (Å²) in [5, 5.41) is 9.17. The molecule has 24 heavy (non-hydrogen) atoms. The van der Waals surface area contributed by atoms with Crippen molar-refractivity contribution in [2.75, 3.05) is 18.4 Å². The average molecular weight is 354 g/mol. The fraction of sp³-hybridized carbons (Fsp3) is 0.556. The Balaban J connectivity index is 0.00000288.